The molecular weight excluding hydrogens is 420 g/mol. The van der Waals surface area contributed by atoms with Crippen LogP contribution in [0.15, 0.2) is 56.7 Å². The maximum Gasteiger partial charge on any atom is 0.420 e. The van der Waals surface area contributed by atoms with E-state index >= 15 is 0 Å². The standard InChI is InChI=1S/C21H24N4O5S/c1-14-9-15(2)12-24(11-14)31(28,29)16-6-7-17-18(10-16)30-21(27)25(17)13-20(26)23-19-5-3-4-8-22-19/h3-8,10,14-15H,9,11-13H2,1-2H3,(H,22,23,26)/t14-,15-/m0/s1. The molecule has 1 amide bonds. The smallest absolute Gasteiger partial charge is 0.408 e. The predicted molar refractivity (Wildman–Crippen MR) is 115 cm³/mol. The molecule has 0 unspecified atom stereocenters. The van der Waals surface area contributed by atoms with Gasteiger partial charge in [0, 0.05) is 25.4 Å². The number of oxazole rings is 1. The number of rotatable bonds is 5. The van der Waals surface area contributed by atoms with Crippen LogP contribution in [0.4, 0.5) is 5.82 Å². The van der Waals surface area contributed by atoms with Gasteiger partial charge in [0.15, 0.2) is 5.58 Å². The molecule has 2 atom stereocenters. The lowest BCUT2D eigenvalue weighted by Crippen LogP contribution is -2.42. The van der Waals surface area contributed by atoms with Crippen LogP contribution in [0.1, 0.15) is 20.3 Å². The van der Waals surface area contributed by atoms with Gasteiger partial charge in [-0.15, -0.1) is 0 Å². The third-order valence-electron chi connectivity index (χ3n) is 5.35. The molecule has 164 valence electrons. The van der Waals surface area contributed by atoms with Crippen LogP contribution in [0.5, 0.6) is 0 Å². The highest BCUT2D eigenvalue weighted by molar-refractivity contribution is 7.89. The van der Waals surface area contributed by atoms with Gasteiger partial charge in [-0.1, -0.05) is 19.9 Å². The molecule has 4 rings (SSSR count). The molecule has 0 spiro atoms. The summed E-state index contributed by atoms with van der Waals surface area (Å²) in [5.74, 6) is -0.262. The monoisotopic (exact) mass is 444 g/mol. The zero-order valence-corrected chi connectivity index (χ0v) is 18.1. The number of piperidine rings is 1. The van der Waals surface area contributed by atoms with Crippen molar-refractivity contribution in [3.63, 3.8) is 0 Å². The number of benzene rings is 1. The van der Waals surface area contributed by atoms with Crippen LogP contribution < -0.4 is 11.1 Å². The number of carbonyl (C=O) groups is 1. The lowest BCUT2D eigenvalue weighted by atomic mass is 9.94. The van der Waals surface area contributed by atoms with Gasteiger partial charge in [-0.2, -0.15) is 4.31 Å². The van der Waals surface area contributed by atoms with Crippen molar-refractivity contribution in [2.24, 2.45) is 11.8 Å². The van der Waals surface area contributed by atoms with Gasteiger partial charge in [0.2, 0.25) is 15.9 Å². The zero-order valence-electron chi connectivity index (χ0n) is 17.3. The van der Waals surface area contributed by atoms with E-state index in [-0.39, 0.29) is 28.9 Å². The number of pyridine rings is 1. The first-order chi connectivity index (χ1) is 14.7. The number of anilines is 1. The van der Waals surface area contributed by atoms with Crippen molar-refractivity contribution in [3.8, 4) is 0 Å². The number of hydrogen-bond donors (Lipinski definition) is 1. The molecule has 0 radical (unpaired) electrons. The first-order valence-electron chi connectivity index (χ1n) is 10.1. The van der Waals surface area contributed by atoms with Crippen LogP contribution in [-0.2, 0) is 21.4 Å². The van der Waals surface area contributed by atoms with Crippen molar-refractivity contribution < 1.29 is 17.6 Å². The van der Waals surface area contributed by atoms with Crippen molar-refractivity contribution in [1.82, 2.24) is 13.9 Å². The van der Waals surface area contributed by atoms with E-state index in [1.807, 2.05) is 13.8 Å². The van der Waals surface area contributed by atoms with E-state index in [2.05, 4.69) is 10.3 Å². The molecule has 0 bridgehead atoms. The van der Waals surface area contributed by atoms with Crippen LogP contribution in [0.3, 0.4) is 0 Å². The molecule has 0 saturated carbocycles. The van der Waals surface area contributed by atoms with Crippen LogP contribution in [-0.4, -0.2) is 41.3 Å². The Hall–Kier alpha value is -2.98. The molecule has 3 aromatic rings. The summed E-state index contributed by atoms with van der Waals surface area (Å²) in [5, 5.41) is 2.60. The molecule has 2 aromatic heterocycles. The lowest BCUT2D eigenvalue weighted by Gasteiger charge is -2.34. The van der Waals surface area contributed by atoms with Gasteiger partial charge < -0.3 is 9.73 Å². The third kappa shape index (κ3) is 4.40. The first kappa shape index (κ1) is 21.3. The minimum absolute atomic E-state index is 0.0696. The van der Waals surface area contributed by atoms with E-state index in [1.54, 1.807) is 24.4 Å². The van der Waals surface area contributed by atoms with E-state index < -0.39 is 21.7 Å². The average molecular weight is 445 g/mol. The summed E-state index contributed by atoms with van der Waals surface area (Å²) >= 11 is 0. The highest BCUT2D eigenvalue weighted by Gasteiger charge is 2.32. The Kier molecular flexibility index (Phi) is 5.67. The molecule has 1 fully saturated rings. The normalized spacial score (nSPS) is 20.1. The average Bonchev–Trinajstić information content (AvgIpc) is 3.02. The zero-order chi connectivity index (χ0) is 22.2. The van der Waals surface area contributed by atoms with Gasteiger partial charge in [-0.05, 0) is 42.5 Å². The minimum atomic E-state index is -3.71. The maximum absolute atomic E-state index is 13.1. The maximum atomic E-state index is 13.1. The summed E-state index contributed by atoms with van der Waals surface area (Å²) in [6.45, 7) is 4.72. The van der Waals surface area contributed by atoms with E-state index in [9.17, 15) is 18.0 Å². The summed E-state index contributed by atoms with van der Waals surface area (Å²) in [6, 6.07) is 9.38. The van der Waals surface area contributed by atoms with Crippen LogP contribution in [0.2, 0.25) is 0 Å². The number of amides is 1. The summed E-state index contributed by atoms with van der Waals surface area (Å²) < 4.78 is 34.1. The third-order valence-corrected chi connectivity index (χ3v) is 7.17. The highest BCUT2D eigenvalue weighted by atomic mass is 32.2. The molecule has 0 aliphatic carbocycles. The number of hydrogen-bond acceptors (Lipinski definition) is 6. The van der Waals surface area contributed by atoms with Gasteiger partial charge in [-0.25, -0.2) is 18.2 Å². The van der Waals surface area contributed by atoms with Gasteiger partial charge >= 0.3 is 5.76 Å². The molecule has 10 heteroatoms. The fourth-order valence-corrected chi connectivity index (χ4v) is 5.77. The molecule has 1 saturated heterocycles. The van der Waals surface area contributed by atoms with Gasteiger partial charge in [0.1, 0.15) is 12.4 Å². The van der Waals surface area contributed by atoms with Gasteiger partial charge in [0.25, 0.3) is 0 Å². The Bertz CT molecular complexity index is 1260. The summed E-state index contributed by atoms with van der Waals surface area (Å²) in [6.07, 6.45) is 2.53. The second-order valence-electron chi connectivity index (χ2n) is 8.11. The van der Waals surface area contributed by atoms with Crippen LogP contribution in [0, 0.1) is 11.8 Å². The fourth-order valence-electron chi connectivity index (χ4n) is 4.07. The highest BCUT2D eigenvalue weighted by Crippen LogP contribution is 2.28. The quantitative estimate of drug-likeness (QED) is 0.646. The Balaban J connectivity index is 1.60. The van der Waals surface area contributed by atoms with Crippen molar-refractivity contribution in [2.45, 2.75) is 31.7 Å². The second-order valence-corrected chi connectivity index (χ2v) is 10.1. The Morgan fingerprint density at radius 1 is 1.19 bits per heavy atom. The van der Waals surface area contributed by atoms with E-state index in [1.165, 1.54) is 22.5 Å². The number of nitrogens with zero attached hydrogens (tertiary/aromatic N) is 3. The van der Waals surface area contributed by atoms with Crippen molar-refractivity contribution in [1.29, 1.82) is 0 Å². The number of sulfonamides is 1. The minimum Gasteiger partial charge on any atom is -0.408 e. The molecule has 1 aromatic carbocycles. The van der Waals surface area contributed by atoms with Gasteiger partial charge in [-0.3, -0.25) is 9.36 Å². The SMILES string of the molecule is C[C@H]1C[C@H](C)CN(S(=O)(=O)c2ccc3c(c2)oc(=O)n3CC(=O)Nc2ccccn2)C1. The predicted octanol–water partition coefficient (Wildman–Crippen LogP) is 2.29. The van der Waals surface area contributed by atoms with Crippen molar-refractivity contribution in [3.05, 3.63) is 53.1 Å². The Morgan fingerprint density at radius 2 is 1.94 bits per heavy atom. The van der Waals surface area contributed by atoms with Gasteiger partial charge in [0.05, 0.1) is 10.4 Å². The number of carbonyl (C=O) groups excluding carboxylic acids is 1. The number of fused-ring (bicyclic) bond motifs is 1. The fraction of sp³-hybridized carbons (Fsp3) is 0.381. The number of nitrogens with one attached hydrogen (secondary N) is 1. The van der Waals surface area contributed by atoms with Crippen LogP contribution in [0.25, 0.3) is 11.1 Å². The van der Waals surface area contributed by atoms with E-state index in [0.29, 0.717) is 24.4 Å². The largest absolute Gasteiger partial charge is 0.420 e. The topological polar surface area (TPSA) is 115 Å². The molecule has 1 N–H and O–H groups in total. The van der Waals surface area contributed by atoms with Crippen molar-refractivity contribution in [2.75, 3.05) is 18.4 Å². The molecule has 3 heterocycles. The first-order valence-corrected chi connectivity index (χ1v) is 11.5. The number of aromatic nitrogens is 2. The van der Waals surface area contributed by atoms with Crippen molar-refractivity contribution >= 4 is 32.8 Å². The lowest BCUT2D eigenvalue weighted by molar-refractivity contribution is -0.116. The molecule has 1 aliphatic rings. The summed E-state index contributed by atoms with van der Waals surface area (Å²) in [5.41, 5.74) is 0.468. The Morgan fingerprint density at radius 3 is 2.61 bits per heavy atom. The molecule has 31 heavy (non-hydrogen) atoms. The van der Waals surface area contributed by atoms with Crippen LogP contribution >= 0.6 is 0 Å². The second kappa shape index (κ2) is 8.27. The summed E-state index contributed by atoms with van der Waals surface area (Å²) in [7, 11) is -3.71. The van der Waals surface area contributed by atoms with E-state index in [4.69, 9.17) is 4.42 Å². The molecule has 1 aliphatic heterocycles. The Labute approximate surface area is 179 Å². The molecular formula is C21H24N4O5S. The summed E-state index contributed by atoms with van der Waals surface area (Å²) in [4.78, 5) is 28.7. The molecule has 9 nitrogen and oxygen atoms in total. The van der Waals surface area contributed by atoms with E-state index in [0.717, 1.165) is 11.0 Å².